The molecule has 3 amide bonds. The number of ether oxygens (including phenoxy) is 2. The van der Waals surface area contributed by atoms with E-state index in [1.165, 1.54) is 25.1 Å². The van der Waals surface area contributed by atoms with Crippen molar-refractivity contribution < 1.29 is 59.0 Å². The van der Waals surface area contributed by atoms with Crippen LogP contribution < -0.4 is 19.3 Å². The van der Waals surface area contributed by atoms with E-state index in [0.29, 0.717) is 114 Å². The van der Waals surface area contributed by atoms with Crippen molar-refractivity contribution in [1.29, 1.82) is 0 Å². The summed E-state index contributed by atoms with van der Waals surface area (Å²) in [6.07, 6.45) is -3.67. The fourth-order valence-corrected chi connectivity index (χ4v) is 13.9. The highest BCUT2D eigenvalue weighted by atomic mass is 19.4. The number of likely N-dealkylation sites (tertiary alicyclic amines) is 4. The molecule has 0 N–H and O–H groups in total. The van der Waals surface area contributed by atoms with Gasteiger partial charge in [0.25, 0.3) is 11.8 Å². The Morgan fingerprint density at radius 2 is 0.830 bits per heavy atom. The summed E-state index contributed by atoms with van der Waals surface area (Å²) in [6.45, 7) is 19.1. The van der Waals surface area contributed by atoms with Gasteiger partial charge in [0, 0.05) is 133 Å². The van der Waals surface area contributed by atoms with Crippen molar-refractivity contribution in [3.63, 3.8) is 0 Å². The number of piperidine rings is 3. The van der Waals surface area contributed by atoms with Crippen molar-refractivity contribution in [2.24, 2.45) is 0 Å². The third-order valence-corrected chi connectivity index (χ3v) is 19.3. The van der Waals surface area contributed by atoms with Gasteiger partial charge in [0.05, 0.1) is 25.3 Å². The van der Waals surface area contributed by atoms with Gasteiger partial charge in [-0.3, -0.25) is 24.2 Å². The van der Waals surface area contributed by atoms with Gasteiger partial charge in [-0.15, -0.1) is 0 Å². The number of piperazine rings is 1. The van der Waals surface area contributed by atoms with E-state index in [4.69, 9.17) is 9.47 Å². The zero-order valence-electron chi connectivity index (χ0n) is 51.9. The molecule has 88 heavy (non-hydrogen) atoms. The molecule has 0 unspecified atom stereocenters. The Kier molecular flexibility index (Phi) is 20.6. The third-order valence-electron chi connectivity index (χ3n) is 19.3. The fraction of sp³-hybridized carbons (Fsp3) is 0.603. The molecule has 0 saturated carbocycles. The van der Waals surface area contributed by atoms with E-state index in [1.807, 2.05) is 80.5 Å². The Morgan fingerprint density at radius 3 is 1.15 bits per heavy atom. The van der Waals surface area contributed by atoms with E-state index in [9.17, 15) is 40.7 Å². The van der Waals surface area contributed by atoms with Gasteiger partial charge >= 0.3 is 12.4 Å². The van der Waals surface area contributed by atoms with Gasteiger partial charge in [-0.05, 0) is 169 Å². The van der Waals surface area contributed by atoms with E-state index in [-0.39, 0.29) is 49.3 Å². The first-order valence-electron chi connectivity index (χ1n) is 30.8. The Hall–Kier alpha value is -6.15. The summed E-state index contributed by atoms with van der Waals surface area (Å²) in [6, 6.07) is 22.5. The molecule has 6 heterocycles. The summed E-state index contributed by atoms with van der Waals surface area (Å²) in [7, 11) is 3.15. The molecular weight excluding hydrogens is 1150 g/mol. The van der Waals surface area contributed by atoms with Gasteiger partial charge in [0.1, 0.15) is 11.5 Å². The van der Waals surface area contributed by atoms with Crippen LogP contribution in [0.2, 0.25) is 0 Å². The minimum Gasteiger partial charge on any atom is -0.497 e. The quantitative estimate of drug-likeness (QED) is 0.144. The summed E-state index contributed by atoms with van der Waals surface area (Å²) in [5.41, 5.74) is -1.78. The summed E-state index contributed by atoms with van der Waals surface area (Å²) in [5, 5.41) is 0. The fourth-order valence-electron chi connectivity index (χ4n) is 13.9. The molecule has 0 radical (unpaired) electrons. The number of benzene rings is 4. The number of halogens is 8. The summed E-state index contributed by atoms with van der Waals surface area (Å²) in [5.74, 6) is -1.07. The Morgan fingerprint density at radius 1 is 0.477 bits per heavy atom. The maximum atomic E-state index is 17.2. The van der Waals surface area contributed by atoms with Gasteiger partial charge in [-0.25, -0.2) is 8.78 Å². The number of amides is 3. The second-order valence-electron chi connectivity index (χ2n) is 26.7. The number of nitrogens with zero attached hydrogens (tertiary/aromatic N) is 7. The van der Waals surface area contributed by atoms with Crippen LogP contribution in [0.25, 0.3) is 0 Å². The molecule has 12 nitrogen and oxygen atoms in total. The number of carbonyl (C=O) groups is 3. The smallest absolute Gasteiger partial charge is 0.416 e. The van der Waals surface area contributed by atoms with Crippen LogP contribution in [0.15, 0.2) is 84.9 Å². The van der Waals surface area contributed by atoms with E-state index in [2.05, 4.69) is 4.90 Å². The highest BCUT2D eigenvalue weighted by Crippen LogP contribution is 2.48. The third kappa shape index (κ3) is 14.7. The molecule has 6 fully saturated rings. The first-order chi connectivity index (χ1) is 40.9. The predicted molar refractivity (Wildman–Crippen MR) is 329 cm³/mol. The second kappa shape index (κ2) is 26.7. The summed E-state index contributed by atoms with van der Waals surface area (Å²) < 4.78 is 127. The van der Waals surface area contributed by atoms with Crippen molar-refractivity contribution in [2.75, 3.05) is 116 Å². The number of rotatable bonds is 10. The zero-order chi connectivity index (χ0) is 63.0. The molecule has 0 bridgehead atoms. The van der Waals surface area contributed by atoms with Gasteiger partial charge < -0.3 is 34.0 Å². The Bertz CT molecular complexity index is 3030. The van der Waals surface area contributed by atoms with E-state index >= 15 is 8.78 Å². The molecule has 0 spiro atoms. The molecule has 6 aliphatic heterocycles. The van der Waals surface area contributed by atoms with Crippen molar-refractivity contribution in [1.82, 2.24) is 24.5 Å². The normalized spacial score (nSPS) is 24.0. The summed E-state index contributed by atoms with van der Waals surface area (Å²) >= 11 is 0. The van der Waals surface area contributed by atoms with Gasteiger partial charge in [0.15, 0.2) is 0 Å². The SMILES string of the molecule is C.COc1ccc([C@@H]2CN(C(C)(C)C)C[C@@]2(F)C(=O)N2CCC(c3ccc(C(F)(F)F)cc3N3CCCCC3)CC2)cc1.COc1ccc([C@@H]2CN(C(C)(C)C)C[C@@]2(F)C(=O)N2CCC(c3ccc(C(F)(F)F)cc3N3CCN(C(C)=O)CC3)CC2)cc1. The van der Waals surface area contributed by atoms with E-state index in [1.54, 1.807) is 65.3 Å². The molecule has 0 aromatic heterocycles. The van der Waals surface area contributed by atoms with Crippen molar-refractivity contribution in [3.05, 3.63) is 118 Å². The lowest BCUT2D eigenvalue weighted by Crippen LogP contribution is -2.53. The monoisotopic (exact) mass is 1240 g/mol. The first-order valence-corrected chi connectivity index (χ1v) is 30.8. The van der Waals surface area contributed by atoms with Crippen LogP contribution in [0.3, 0.4) is 0 Å². The number of carbonyl (C=O) groups excluding carboxylic acids is 3. The van der Waals surface area contributed by atoms with E-state index in [0.717, 1.165) is 60.7 Å². The number of alkyl halides is 8. The highest BCUT2D eigenvalue weighted by Gasteiger charge is 2.58. The molecule has 484 valence electrons. The topological polar surface area (TPSA) is 92.3 Å². The van der Waals surface area contributed by atoms with Crippen LogP contribution in [-0.4, -0.2) is 170 Å². The minimum absolute atomic E-state index is 0. The molecule has 6 saturated heterocycles. The Balaban J connectivity index is 0.000000226. The summed E-state index contributed by atoms with van der Waals surface area (Å²) in [4.78, 5) is 52.9. The average molecular weight is 1240 g/mol. The van der Waals surface area contributed by atoms with Gasteiger partial charge in [-0.1, -0.05) is 43.8 Å². The van der Waals surface area contributed by atoms with Crippen LogP contribution in [0, 0.1) is 0 Å². The van der Waals surface area contributed by atoms with Crippen LogP contribution in [0.1, 0.15) is 158 Å². The average Bonchev–Trinajstić information content (AvgIpc) is 1.65. The highest BCUT2D eigenvalue weighted by molar-refractivity contribution is 5.88. The molecule has 20 heteroatoms. The first kappa shape index (κ1) is 67.8. The van der Waals surface area contributed by atoms with Gasteiger partial charge in [0.2, 0.25) is 17.2 Å². The molecule has 4 atom stereocenters. The maximum absolute atomic E-state index is 17.2. The molecule has 6 aliphatic rings. The van der Waals surface area contributed by atoms with E-state index < -0.39 is 58.5 Å². The van der Waals surface area contributed by atoms with Crippen LogP contribution in [0.4, 0.5) is 46.5 Å². The minimum atomic E-state index is -4.48. The molecular formula is C68H91F8N7O5. The predicted octanol–water partition coefficient (Wildman–Crippen LogP) is 13.3. The molecule has 0 aliphatic carbocycles. The number of hydrogen-bond acceptors (Lipinski definition) is 9. The number of methoxy groups -OCH3 is 2. The Labute approximate surface area is 515 Å². The molecule has 4 aromatic carbocycles. The van der Waals surface area contributed by atoms with Gasteiger partial charge in [-0.2, -0.15) is 26.3 Å². The number of hydrogen-bond donors (Lipinski definition) is 0. The lowest BCUT2D eigenvalue weighted by Gasteiger charge is -2.40. The van der Waals surface area contributed by atoms with Crippen LogP contribution >= 0.6 is 0 Å². The van der Waals surface area contributed by atoms with Crippen molar-refractivity contribution >= 4 is 29.1 Å². The lowest BCUT2D eigenvalue weighted by molar-refractivity contribution is -0.146. The van der Waals surface area contributed by atoms with Crippen molar-refractivity contribution in [3.8, 4) is 11.5 Å². The second-order valence-corrected chi connectivity index (χ2v) is 26.7. The lowest BCUT2D eigenvalue weighted by atomic mass is 9.83. The molecule has 10 rings (SSSR count). The zero-order valence-corrected chi connectivity index (χ0v) is 51.9. The van der Waals surface area contributed by atoms with Crippen LogP contribution in [0.5, 0.6) is 11.5 Å². The van der Waals surface area contributed by atoms with Crippen LogP contribution in [-0.2, 0) is 26.7 Å². The molecule has 4 aromatic rings. The number of anilines is 2. The maximum Gasteiger partial charge on any atom is 0.416 e. The largest absolute Gasteiger partial charge is 0.497 e. The standard InChI is InChI=1S/C34H44F4N4O3.C33H43F4N3O2.CH4/c1-23(43)39-16-18-40(19-17-39)30-20-26(34(36,37)38)8-11-28(30)24-12-14-41(15-13-24)31(44)33(35)22-42(32(2,3)4)21-29(33)25-6-9-27(45-5)10-7-25;1-31(2,3)40-21-28(24-8-11-26(42-4)12-9-24)32(34,22-40)30(41)39-18-14-23(15-19-39)27-13-10-25(33(35,36)37)20-29(27)38-16-6-5-7-17-38;/h6-11,20,24,29H,12-19,21-22H2,1-5H3;8-13,20,23,28H,5-7,14-19,21-22H2,1-4H3;1H4/t29-,33-;28-,32-;/m00./s1. The van der Waals surface area contributed by atoms with Crippen molar-refractivity contribution in [2.45, 2.75) is 159 Å².